The molecule has 92 valence electrons. The Kier molecular flexibility index (Phi) is 5.32. The maximum absolute atomic E-state index is 11.2. The highest BCUT2D eigenvalue weighted by atomic mass is 35.5. The minimum absolute atomic E-state index is 0.324. The number of rotatable bonds is 4. The number of carbonyl (C=O) groups excluding carboxylic acids is 1. The van der Waals surface area contributed by atoms with E-state index in [0.29, 0.717) is 28.2 Å². The van der Waals surface area contributed by atoms with E-state index in [1.807, 2.05) is 0 Å². The van der Waals surface area contributed by atoms with Crippen LogP contribution in [0.4, 0.5) is 0 Å². The molecule has 0 aliphatic rings. The fraction of sp³-hybridized carbons (Fsp3) is 0.250. The normalized spacial score (nSPS) is 11.2. The summed E-state index contributed by atoms with van der Waals surface area (Å²) in [4.78, 5) is 11.2. The number of hydrogen-bond donors (Lipinski definition) is 0. The second kappa shape index (κ2) is 6.52. The summed E-state index contributed by atoms with van der Waals surface area (Å²) in [6.07, 6.45) is 1.26. The SMILES string of the molecule is CCOC(=O)C=C(C)Oc1ccc(Cl)cc1Cl. The van der Waals surface area contributed by atoms with Crippen LogP contribution in [0.15, 0.2) is 30.0 Å². The van der Waals surface area contributed by atoms with Crippen molar-refractivity contribution < 1.29 is 14.3 Å². The Hall–Kier alpha value is -1.19. The van der Waals surface area contributed by atoms with Crippen LogP contribution in [-0.2, 0) is 9.53 Å². The molecule has 0 aliphatic carbocycles. The molecule has 0 fully saturated rings. The first-order valence-corrected chi connectivity index (χ1v) is 5.76. The number of halogens is 2. The summed E-state index contributed by atoms with van der Waals surface area (Å²) in [6, 6.07) is 4.85. The van der Waals surface area contributed by atoms with Crippen molar-refractivity contribution in [3.05, 3.63) is 40.1 Å². The van der Waals surface area contributed by atoms with E-state index in [9.17, 15) is 4.79 Å². The van der Waals surface area contributed by atoms with Gasteiger partial charge in [-0.05, 0) is 32.0 Å². The lowest BCUT2D eigenvalue weighted by Gasteiger charge is -2.07. The zero-order valence-electron chi connectivity index (χ0n) is 9.50. The lowest BCUT2D eigenvalue weighted by molar-refractivity contribution is -0.137. The van der Waals surface area contributed by atoms with Crippen LogP contribution in [0.5, 0.6) is 5.75 Å². The molecule has 0 amide bonds. The molecule has 0 aliphatic heterocycles. The smallest absolute Gasteiger partial charge is 0.334 e. The Balaban J connectivity index is 2.74. The van der Waals surface area contributed by atoms with Gasteiger partial charge in [-0.3, -0.25) is 0 Å². The third kappa shape index (κ3) is 4.67. The Morgan fingerprint density at radius 2 is 2.12 bits per heavy atom. The van der Waals surface area contributed by atoms with Gasteiger partial charge in [0.2, 0.25) is 0 Å². The van der Waals surface area contributed by atoms with Crippen molar-refractivity contribution in [3.8, 4) is 5.75 Å². The van der Waals surface area contributed by atoms with Crippen molar-refractivity contribution in [2.45, 2.75) is 13.8 Å². The largest absolute Gasteiger partial charge is 0.463 e. The number of esters is 1. The number of hydrogen-bond acceptors (Lipinski definition) is 3. The second-order valence-corrected chi connectivity index (χ2v) is 4.03. The molecule has 1 aromatic carbocycles. The van der Waals surface area contributed by atoms with Gasteiger partial charge < -0.3 is 9.47 Å². The van der Waals surface area contributed by atoms with E-state index < -0.39 is 5.97 Å². The Morgan fingerprint density at radius 3 is 2.71 bits per heavy atom. The summed E-state index contributed by atoms with van der Waals surface area (Å²) in [5.74, 6) is 0.386. The second-order valence-electron chi connectivity index (χ2n) is 3.18. The van der Waals surface area contributed by atoms with Gasteiger partial charge in [0.25, 0.3) is 0 Å². The summed E-state index contributed by atoms with van der Waals surface area (Å²) in [7, 11) is 0. The van der Waals surface area contributed by atoms with Crippen LogP contribution in [0.3, 0.4) is 0 Å². The number of allylic oxidation sites excluding steroid dienone is 1. The molecule has 0 saturated heterocycles. The zero-order valence-corrected chi connectivity index (χ0v) is 11.0. The van der Waals surface area contributed by atoms with Crippen molar-refractivity contribution >= 4 is 29.2 Å². The molecule has 0 radical (unpaired) electrons. The Labute approximate surface area is 110 Å². The molecule has 0 saturated carbocycles. The quantitative estimate of drug-likeness (QED) is 0.476. The summed E-state index contributed by atoms with van der Waals surface area (Å²) in [6.45, 7) is 3.70. The Morgan fingerprint density at radius 1 is 1.41 bits per heavy atom. The van der Waals surface area contributed by atoms with Crippen molar-refractivity contribution in [2.24, 2.45) is 0 Å². The molecule has 17 heavy (non-hydrogen) atoms. The van der Waals surface area contributed by atoms with Gasteiger partial charge in [0.1, 0.15) is 11.5 Å². The van der Waals surface area contributed by atoms with Crippen LogP contribution >= 0.6 is 23.2 Å². The van der Waals surface area contributed by atoms with Gasteiger partial charge in [0.05, 0.1) is 17.7 Å². The average molecular weight is 275 g/mol. The van der Waals surface area contributed by atoms with Crippen LogP contribution < -0.4 is 4.74 Å². The maximum Gasteiger partial charge on any atom is 0.334 e. The van der Waals surface area contributed by atoms with Gasteiger partial charge in [0, 0.05) is 5.02 Å². The van der Waals surface area contributed by atoms with Crippen LogP contribution in [0.1, 0.15) is 13.8 Å². The molecule has 1 aromatic rings. The van der Waals surface area contributed by atoms with E-state index in [4.69, 9.17) is 32.7 Å². The highest BCUT2D eigenvalue weighted by molar-refractivity contribution is 6.35. The van der Waals surface area contributed by atoms with E-state index in [1.165, 1.54) is 6.08 Å². The highest BCUT2D eigenvalue weighted by Gasteiger charge is 2.05. The van der Waals surface area contributed by atoms with Crippen molar-refractivity contribution in [1.82, 2.24) is 0 Å². The lowest BCUT2D eigenvalue weighted by atomic mass is 10.3. The standard InChI is InChI=1S/C12H12Cl2O3/c1-3-16-12(15)6-8(2)17-11-5-4-9(13)7-10(11)14/h4-7H,3H2,1-2H3. The topological polar surface area (TPSA) is 35.5 Å². The first-order valence-electron chi connectivity index (χ1n) is 5.01. The Bertz CT molecular complexity index is 441. The maximum atomic E-state index is 11.2. The first kappa shape index (κ1) is 13.9. The van der Waals surface area contributed by atoms with E-state index in [1.54, 1.807) is 32.0 Å². The summed E-state index contributed by atoms with van der Waals surface area (Å²) < 4.78 is 10.1. The molecule has 0 bridgehead atoms. The van der Waals surface area contributed by atoms with Crippen LogP contribution in [0.25, 0.3) is 0 Å². The summed E-state index contributed by atoms with van der Waals surface area (Å²) >= 11 is 11.7. The van der Waals surface area contributed by atoms with Gasteiger partial charge in [-0.25, -0.2) is 4.79 Å². The van der Waals surface area contributed by atoms with Crippen LogP contribution in [-0.4, -0.2) is 12.6 Å². The molecule has 0 unspecified atom stereocenters. The van der Waals surface area contributed by atoms with Gasteiger partial charge in [-0.2, -0.15) is 0 Å². The zero-order chi connectivity index (χ0) is 12.8. The summed E-state index contributed by atoms with van der Waals surface area (Å²) in [5.41, 5.74) is 0. The van der Waals surface area contributed by atoms with Gasteiger partial charge in [-0.1, -0.05) is 23.2 Å². The number of ether oxygens (including phenoxy) is 2. The third-order valence-electron chi connectivity index (χ3n) is 1.77. The van der Waals surface area contributed by atoms with Crippen molar-refractivity contribution in [3.63, 3.8) is 0 Å². The minimum atomic E-state index is -0.449. The number of carbonyl (C=O) groups is 1. The molecule has 3 nitrogen and oxygen atoms in total. The molecular formula is C12H12Cl2O3. The van der Waals surface area contributed by atoms with Crippen molar-refractivity contribution in [2.75, 3.05) is 6.61 Å². The molecule has 0 aromatic heterocycles. The molecule has 0 spiro atoms. The predicted molar refractivity (Wildman–Crippen MR) is 67.5 cm³/mol. The monoisotopic (exact) mass is 274 g/mol. The van der Waals surface area contributed by atoms with Crippen molar-refractivity contribution in [1.29, 1.82) is 0 Å². The highest BCUT2D eigenvalue weighted by Crippen LogP contribution is 2.28. The van der Waals surface area contributed by atoms with Gasteiger partial charge in [0.15, 0.2) is 0 Å². The minimum Gasteiger partial charge on any atom is -0.463 e. The molecule has 0 N–H and O–H groups in total. The van der Waals surface area contributed by atoms with Crippen LogP contribution in [0, 0.1) is 0 Å². The lowest BCUT2D eigenvalue weighted by Crippen LogP contribution is -2.02. The molecule has 5 heteroatoms. The van der Waals surface area contributed by atoms with Gasteiger partial charge >= 0.3 is 5.97 Å². The summed E-state index contributed by atoms with van der Waals surface area (Å²) in [5, 5.41) is 0.906. The van der Waals surface area contributed by atoms with E-state index in [-0.39, 0.29) is 0 Å². The average Bonchev–Trinajstić information content (AvgIpc) is 2.22. The number of benzene rings is 1. The first-order chi connectivity index (χ1) is 8.02. The van der Waals surface area contributed by atoms with E-state index in [0.717, 1.165) is 0 Å². The molecule has 0 atom stereocenters. The predicted octanol–water partition coefficient (Wildman–Crippen LogP) is 3.84. The fourth-order valence-electron chi connectivity index (χ4n) is 1.11. The van der Waals surface area contributed by atoms with E-state index in [2.05, 4.69) is 0 Å². The van der Waals surface area contributed by atoms with E-state index >= 15 is 0 Å². The third-order valence-corrected chi connectivity index (χ3v) is 2.30. The van der Waals surface area contributed by atoms with Gasteiger partial charge in [-0.15, -0.1) is 0 Å². The molecular weight excluding hydrogens is 263 g/mol. The fourth-order valence-corrected chi connectivity index (χ4v) is 1.56. The molecule has 1 rings (SSSR count). The molecule has 0 heterocycles. The van der Waals surface area contributed by atoms with Crippen LogP contribution in [0.2, 0.25) is 10.0 Å².